The summed E-state index contributed by atoms with van der Waals surface area (Å²) in [7, 11) is 1.48. The van der Waals surface area contributed by atoms with Crippen LogP contribution in [0.25, 0.3) is 11.2 Å². The van der Waals surface area contributed by atoms with E-state index >= 15 is 0 Å². The van der Waals surface area contributed by atoms with Gasteiger partial charge in [0.25, 0.3) is 0 Å². The fourth-order valence-electron chi connectivity index (χ4n) is 1.96. The van der Waals surface area contributed by atoms with Crippen LogP contribution in [0.2, 0.25) is 0 Å². The maximum absolute atomic E-state index is 13.9. The van der Waals surface area contributed by atoms with Crippen molar-refractivity contribution in [3.8, 4) is 0 Å². The highest BCUT2D eigenvalue weighted by atomic mass is 19.4. The number of aromatic nitrogens is 3. The Morgan fingerprint density at radius 2 is 1.89 bits per heavy atom. The molecule has 1 aliphatic carbocycles. The topological polar surface area (TPSA) is 30.7 Å². The van der Waals surface area contributed by atoms with Crippen LogP contribution in [-0.2, 0) is 18.9 Å². The summed E-state index contributed by atoms with van der Waals surface area (Å²) < 4.78 is 52.8. The lowest BCUT2D eigenvalue weighted by atomic mass is 10.3. The zero-order valence-electron chi connectivity index (χ0n) is 9.42. The number of halogens is 4. The molecule has 0 spiro atoms. The number of hydrogen-bond donors (Lipinski definition) is 0. The van der Waals surface area contributed by atoms with Gasteiger partial charge in [0.15, 0.2) is 11.3 Å². The van der Waals surface area contributed by atoms with Gasteiger partial charge in [-0.1, -0.05) is 0 Å². The van der Waals surface area contributed by atoms with Crippen LogP contribution in [0.3, 0.4) is 0 Å². The minimum atomic E-state index is -4.51. The minimum Gasteiger partial charge on any atom is -0.313 e. The van der Waals surface area contributed by atoms with Crippen molar-refractivity contribution in [3.63, 3.8) is 0 Å². The Labute approximate surface area is 99.5 Å². The maximum Gasteiger partial charge on any atom is 0.433 e. The molecule has 0 radical (unpaired) electrons. The second-order valence-corrected chi connectivity index (χ2v) is 4.50. The van der Waals surface area contributed by atoms with E-state index in [0.29, 0.717) is 12.8 Å². The van der Waals surface area contributed by atoms with Gasteiger partial charge in [0, 0.05) is 7.05 Å². The standard InChI is InChI=1S/C11H9F4N3/c1-18-8-6(16-9(18)10(12)4-5-10)2-3-7(17-8)11(13,14)15/h2-3H,4-5H2,1H3. The van der Waals surface area contributed by atoms with Gasteiger partial charge in [0.1, 0.15) is 17.0 Å². The highest BCUT2D eigenvalue weighted by Crippen LogP contribution is 2.49. The molecule has 0 amide bonds. The van der Waals surface area contributed by atoms with Crippen LogP contribution in [0.4, 0.5) is 17.6 Å². The fraction of sp³-hybridized carbons (Fsp3) is 0.455. The third kappa shape index (κ3) is 1.57. The van der Waals surface area contributed by atoms with Gasteiger partial charge >= 0.3 is 6.18 Å². The molecule has 3 nitrogen and oxygen atoms in total. The monoisotopic (exact) mass is 259 g/mol. The molecule has 0 saturated heterocycles. The molecule has 3 rings (SSSR count). The van der Waals surface area contributed by atoms with Crippen LogP contribution in [0.1, 0.15) is 24.4 Å². The molecule has 1 saturated carbocycles. The second kappa shape index (κ2) is 3.21. The molecule has 0 bridgehead atoms. The van der Waals surface area contributed by atoms with Gasteiger partial charge in [-0.05, 0) is 25.0 Å². The lowest BCUT2D eigenvalue weighted by Crippen LogP contribution is -2.10. The number of aryl methyl sites for hydroxylation is 1. The Kier molecular flexibility index (Phi) is 2.04. The molecule has 0 unspecified atom stereocenters. The molecule has 0 atom stereocenters. The summed E-state index contributed by atoms with van der Waals surface area (Å²) in [5, 5.41) is 0. The van der Waals surface area contributed by atoms with Crippen LogP contribution in [0, 0.1) is 0 Å². The molecule has 7 heteroatoms. The van der Waals surface area contributed by atoms with Crippen molar-refractivity contribution in [1.82, 2.24) is 14.5 Å². The molecule has 18 heavy (non-hydrogen) atoms. The first-order valence-corrected chi connectivity index (χ1v) is 5.41. The van der Waals surface area contributed by atoms with Crippen LogP contribution in [0.5, 0.6) is 0 Å². The van der Waals surface area contributed by atoms with E-state index in [0.717, 1.165) is 6.07 Å². The van der Waals surface area contributed by atoms with Crippen molar-refractivity contribution in [2.24, 2.45) is 7.05 Å². The van der Waals surface area contributed by atoms with Crippen LogP contribution < -0.4 is 0 Å². The number of nitrogens with zero attached hydrogens (tertiary/aromatic N) is 3. The highest BCUT2D eigenvalue weighted by molar-refractivity contribution is 5.72. The van der Waals surface area contributed by atoms with Gasteiger partial charge in [-0.15, -0.1) is 0 Å². The number of hydrogen-bond acceptors (Lipinski definition) is 2. The molecule has 2 heterocycles. The number of pyridine rings is 1. The summed E-state index contributed by atoms with van der Waals surface area (Å²) in [4.78, 5) is 7.54. The quantitative estimate of drug-likeness (QED) is 0.737. The van der Waals surface area contributed by atoms with Crippen molar-refractivity contribution in [1.29, 1.82) is 0 Å². The molecule has 2 aromatic heterocycles. The minimum absolute atomic E-state index is 0.0590. The number of imidazole rings is 1. The summed E-state index contributed by atoms with van der Waals surface area (Å²) in [5.41, 5.74) is -2.14. The van der Waals surface area contributed by atoms with Gasteiger partial charge in [-0.2, -0.15) is 13.2 Å². The zero-order chi connectivity index (χ0) is 13.1. The molecule has 0 aromatic carbocycles. The first-order chi connectivity index (χ1) is 8.31. The normalized spacial score (nSPS) is 18.3. The van der Waals surface area contributed by atoms with Crippen LogP contribution in [0.15, 0.2) is 12.1 Å². The van der Waals surface area contributed by atoms with Gasteiger partial charge in [0.05, 0.1) is 0 Å². The number of rotatable bonds is 1. The average molecular weight is 259 g/mol. The fourth-order valence-corrected chi connectivity index (χ4v) is 1.96. The van der Waals surface area contributed by atoms with E-state index in [9.17, 15) is 17.6 Å². The third-order valence-corrected chi connectivity index (χ3v) is 3.10. The van der Waals surface area contributed by atoms with E-state index in [1.807, 2.05) is 0 Å². The van der Waals surface area contributed by atoms with Gasteiger partial charge in [-0.25, -0.2) is 14.4 Å². The van der Waals surface area contributed by atoms with Crippen molar-refractivity contribution < 1.29 is 17.6 Å². The predicted octanol–water partition coefficient (Wildman–Crippen LogP) is 2.95. The maximum atomic E-state index is 13.9. The lowest BCUT2D eigenvalue weighted by Gasteiger charge is -2.06. The van der Waals surface area contributed by atoms with Crippen molar-refractivity contribution in [2.45, 2.75) is 24.7 Å². The van der Waals surface area contributed by atoms with E-state index in [2.05, 4.69) is 9.97 Å². The van der Waals surface area contributed by atoms with E-state index in [-0.39, 0.29) is 17.0 Å². The molecule has 0 aliphatic heterocycles. The number of fused-ring (bicyclic) bond motifs is 1. The van der Waals surface area contributed by atoms with Crippen LogP contribution in [-0.4, -0.2) is 14.5 Å². The zero-order valence-corrected chi connectivity index (χ0v) is 9.42. The van der Waals surface area contributed by atoms with E-state index in [4.69, 9.17) is 0 Å². The van der Waals surface area contributed by atoms with E-state index in [1.165, 1.54) is 17.7 Å². The lowest BCUT2D eigenvalue weighted by molar-refractivity contribution is -0.141. The average Bonchev–Trinajstić information content (AvgIpc) is 2.93. The van der Waals surface area contributed by atoms with Gasteiger partial charge < -0.3 is 4.57 Å². The molecule has 2 aromatic rings. The Hall–Kier alpha value is -1.66. The molecule has 1 aliphatic rings. The van der Waals surface area contributed by atoms with E-state index in [1.54, 1.807) is 0 Å². The summed E-state index contributed by atoms with van der Waals surface area (Å²) in [6, 6.07) is 2.08. The summed E-state index contributed by atoms with van der Waals surface area (Å²) in [5.74, 6) is 0.157. The summed E-state index contributed by atoms with van der Waals surface area (Å²) in [6.07, 6.45) is -3.79. The first-order valence-electron chi connectivity index (χ1n) is 5.41. The molecule has 0 N–H and O–H groups in total. The number of alkyl halides is 4. The van der Waals surface area contributed by atoms with Gasteiger partial charge in [0.2, 0.25) is 0 Å². The largest absolute Gasteiger partial charge is 0.433 e. The first kappa shape index (κ1) is 11.4. The Balaban J connectivity index is 2.20. The SMILES string of the molecule is Cn1c(C2(F)CC2)nc2ccc(C(F)(F)F)nc21. The Morgan fingerprint density at radius 1 is 1.22 bits per heavy atom. The van der Waals surface area contributed by atoms with Crippen molar-refractivity contribution in [3.05, 3.63) is 23.7 Å². The summed E-state index contributed by atoms with van der Waals surface area (Å²) in [6.45, 7) is 0. The Bertz CT molecular complexity index is 625. The second-order valence-electron chi connectivity index (χ2n) is 4.50. The van der Waals surface area contributed by atoms with Crippen LogP contribution >= 0.6 is 0 Å². The van der Waals surface area contributed by atoms with Crippen molar-refractivity contribution in [2.75, 3.05) is 0 Å². The highest BCUT2D eigenvalue weighted by Gasteiger charge is 2.49. The molecular formula is C11H9F4N3. The third-order valence-electron chi connectivity index (χ3n) is 3.10. The Morgan fingerprint density at radius 3 is 2.44 bits per heavy atom. The van der Waals surface area contributed by atoms with Crippen molar-refractivity contribution >= 4 is 11.2 Å². The molecular weight excluding hydrogens is 250 g/mol. The summed E-state index contributed by atoms with van der Waals surface area (Å²) >= 11 is 0. The van der Waals surface area contributed by atoms with Gasteiger partial charge in [-0.3, -0.25) is 0 Å². The smallest absolute Gasteiger partial charge is 0.313 e. The molecule has 1 fully saturated rings. The predicted molar refractivity (Wildman–Crippen MR) is 55.5 cm³/mol. The molecule has 96 valence electrons. The van der Waals surface area contributed by atoms with E-state index < -0.39 is 17.5 Å².